The van der Waals surface area contributed by atoms with Crippen molar-refractivity contribution in [1.29, 1.82) is 0 Å². The summed E-state index contributed by atoms with van der Waals surface area (Å²) >= 11 is 6.09. The van der Waals surface area contributed by atoms with Crippen LogP contribution in [0.15, 0.2) is 42.5 Å². The number of carbonyl (C=O) groups is 1. The van der Waals surface area contributed by atoms with E-state index in [1.165, 1.54) is 0 Å². The highest BCUT2D eigenvalue weighted by Gasteiger charge is 2.26. The minimum absolute atomic E-state index is 0.0231. The molecule has 1 saturated heterocycles. The van der Waals surface area contributed by atoms with Crippen molar-refractivity contribution in [2.24, 2.45) is 0 Å². The molecule has 0 spiro atoms. The molecule has 1 atom stereocenters. The van der Waals surface area contributed by atoms with E-state index in [0.29, 0.717) is 17.2 Å². The van der Waals surface area contributed by atoms with Gasteiger partial charge >= 0.3 is 0 Å². The maximum absolute atomic E-state index is 12.7. The summed E-state index contributed by atoms with van der Waals surface area (Å²) < 4.78 is 10.7. The van der Waals surface area contributed by atoms with Gasteiger partial charge in [0.25, 0.3) is 0 Å². The van der Waals surface area contributed by atoms with E-state index in [4.69, 9.17) is 21.1 Å². The second-order valence-electron chi connectivity index (χ2n) is 6.74. The van der Waals surface area contributed by atoms with Crippen LogP contribution in [0.1, 0.15) is 6.92 Å². The Morgan fingerprint density at radius 1 is 1.07 bits per heavy atom. The van der Waals surface area contributed by atoms with Crippen molar-refractivity contribution < 1.29 is 14.3 Å². The van der Waals surface area contributed by atoms with Gasteiger partial charge in [-0.1, -0.05) is 17.7 Å². The summed E-state index contributed by atoms with van der Waals surface area (Å²) in [5.74, 6) is 1.35. The first-order valence-corrected chi connectivity index (χ1v) is 9.43. The monoisotopic (exact) mass is 387 g/mol. The molecule has 0 bridgehead atoms. The maximum atomic E-state index is 12.7. The zero-order valence-electron chi connectivity index (χ0n) is 15.2. The third kappa shape index (κ3) is 3.96. The normalized spacial score (nSPS) is 17.6. The van der Waals surface area contributed by atoms with Crippen LogP contribution >= 0.6 is 11.6 Å². The summed E-state index contributed by atoms with van der Waals surface area (Å²) in [5.41, 5.74) is 1.84. The largest absolute Gasteiger partial charge is 0.454 e. The molecular weight excluding hydrogens is 366 g/mol. The Balaban J connectivity index is 1.33. The molecule has 2 aliphatic heterocycles. The summed E-state index contributed by atoms with van der Waals surface area (Å²) in [6, 6.07) is 13.1. The number of anilines is 2. The van der Waals surface area contributed by atoms with E-state index in [9.17, 15) is 4.79 Å². The Morgan fingerprint density at radius 3 is 2.63 bits per heavy atom. The van der Waals surface area contributed by atoms with Crippen LogP contribution in [-0.4, -0.2) is 49.8 Å². The lowest BCUT2D eigenvalue weighted by molar-refractivity contribution is -0.120. The van der Waals surface area contributed by atoms with Crippen LogP contribution in [0.3, 0.4) is 0 Å². The third-order valence-electron chi connectivity index (χ3n) is 5.05. The summed E-state index contributed by atoms with van der Waals surface area (Å²) in [5, 5.41) is 3.71. The molecule has 2 heterocycles. The topological polar surface area (TPSA) is 54.0 Å². The van der Waals surface area contributed by atoms with Gasteiger partial charge in [0.2, 0.25) is 12.7 Å². The number of nitrogens with zero attached hydrogens (tertiary/aromatic N) is 2. The van der Waals surface area contributed by atoms with Crippen LogP contribution < -0.4 is 19.7 Å². The number of halogens is 1. The second-order valence-corrected chi connectivity index (χ2v) is 7.17. The Labute approximate surface area is 163 Å². The molecule has 1 fully saturated rings. The highest BCUT2D eigenvalue weighted by molar-refractivity contribution is 6.30. The third-order valence-corrected chi connectivity index (χ3v) is 5.29. The molecule has 0 radical (unpaired) electrons. The first-order chi connectivity index (χ1) is 13.1. The Kier molecular flexibility index (Phi) is 5.09. The molecule has 142 valence electrons. The number of fused-ring (bicyclic) bond motifs is 1. The van der Waals surface area contributed by atoms with Gasteiger partial charge in [0.15, 0.2) is 11.5 Å². The number of ether oxygens (including phenoxy) is 2. The quantitative estimate of drug-likeness (QED) is 0.873. The number of nitrogens with one attached hydrogen (secondary N) is 1. The molecule has 4 rings (SSSR count). The van der Waals surface area contributed by atoms with Crippen LogP contribution in [0.25, 0.3) is 0 Å². The smallest absolute Gasteiger partial charge is 0.241 e. The second kappa shape index (κ2) is 7.66. The predicted molar refractivity (Wildman–Crippen MR) is 106 cm³/mol. The van der Waals surface area contributed by atoms with Crippen molar-refractivity contribution in [1.82, 2.24) is 4.90 Å². The van der Waals surface area contributed by atoms with Crippen molar-refractivity contribution in [2.45, 2.75) is 13.0 Å². The van der Waals surface area contributed by atoms with Gasteiger partial charge in [0.05, 0.1) is 6.04 Å². The molecule has 1 N–H and O–H groups in total. The lowest BCUT2D eigenvalue weighted by atomic mass is 10.2. The van der Waals surface area contributed by atoms with Crippen molar-refractivity contribution in [3.05, 3.63) is 47.5 Å². The van der Waals surface area contributed by atoms with Crippen LogP contribution in [0.5, 0.6) is 11.5 Å². The molecule has 1 amide bonds. The zero-order valence-corrected chi connectivity index (χ0v) is 15.9. The number of amides is 1. The lowest BCUT2D eigenvalue weighted by Gasteiger charge is -2.38. The fourth-order valence-corrected chi connectivity index (χ4v) is 3.61. The first kappa shape index (κ1) is 17.9. The van der Waals surface area contributed by atoms with E-state index in [1.807, 2.05) is 37.3 Å². The zero-order chi connectivity index (χ0) is 18.8. The highest BCUT2D eigenvalue weighted by Crippen LogP contribution is 2.34. The Bertz CT molecular complexity index is 837. The summed E-state index contributed by atoms with van der Waals surface area (Å²) in [7, 11) is 0. The van der Waals surface area contributed by atoms with Crippen molar-refractivity contribution >= 4 is 28.9 Å². The Morgan fingerprint density at radius 2 is 1.85 bits per heavy atom. The Hall–Kier alpha value is -2.44. The number of piperazine rings is 1. The van der Waals surface area contributed by atoms with Crippen molar-refractivity contribution in [3.63, 3.8) is 0 Å². The summed E-state index contributed by atoms with van der Waals surface area (Å²) in [4.78, 5) is 17.1. The number of hydrogen-bond donors (Lipinski definition) is 1. The van der Waals surface area contributed by atoms with E-state index in [2.05, 4.69) is 21.2 Å². The van der Waals surface area contributed by atoms with Crippen LogP contribution in [-0.2, 0) is 4.79 Å². The van der Waals surface area contributed by atoms with Gasteiger partial charge in [-0.15, -0.1) is 0 Å². The van der Waals surface area contributed by atoms with Gasteiger partial charge < -0.3 is 19.7 Å². The van der Waals surface area contributed by atoms with Gasteiger partial charge in [-0.25, -0.2) is 0 Å². The molecule has 27 heavy (non-hydrogen) atoms. The maximum Gasteiger partial charge on any atom is 0.241 e. The number of carbonyl (C=O) groups excluding carboxylic acids is 1. The average molecular weight is 388 g/mol. The van der Waals surface area contributed by atoms with Gasteiger partial charge in [0.1, 0.15) is 0 Å². The molecule has 0 saturated carbocycles. The van der Waals surface area contributed by atoms with Gasteiger partial charge in [-0.05, 0) is 37.3 Å². The fraction of sp³-hybridized carbons (Fsp3) is 0.350. The van der Waals surface area contributed by atoms with Gasteiger partial charge in [0, 0.05) is 48.6 Å². The molecule has 6 nitrogen and oxygen atoms in total. The van der Waals surface area contributed by atoms with E-state index in [1.54, 1.807) is 6.07 Å². The summed E-state index contributed by atoms with van der Waals surface area (Å²) in [6.45, 7) is 5.53. The molecule has 2 aromatic rings. The van der Waals surface area contributed by atoms with Crippen molar-refractivity contribution in [2.75, 3.05) is 43.2 Å². The first-order valence-electron chi connectivity index (χ1n) is 9.05. The number of hydrogen-bond acceptors (Lipinski definition) is 5. The van der Waals surface area contributed by atoms with E-state index >= 15 is 0 Å². The van der Waals surface area contributed by atoms with Crippen LogP contribution in [0.2, 0.25) is 5.02 Å². The standard InChI is InChI=1S/C20H22ClN3O3/c1-14(20(25)22-16-5-6-18-19(12-16)27-13-26-18)23-7-9-24(10-8-23)17-4-2-3-15(21)11-17/h2-6,11-12,14H,7-10,13H2,1H3,(H,22,25). The van der Waals surface area contributed by atoms with E-state index in [-0.39, 0.29) is 18.7 Å². The molecule has 0 aromatic heterocycles. The molecular formula is C20H22ClN3O3. The molecule has 2 aromatic carbocycles. The van der Waals surface area contributed by atoms with E-state index in [0.717, 1.165) is 36.9 Å². The molecule has 1 unspecified atom stereocenters. The number of rotatable bonds is 4. The van der Waals surface area contributed by atoms with Crippen molar-refractivity contribution in [3.8, 4) is 11.5 Å². The van der Waals surface area contributed by atoms with E-state index < -0.39 is 0 Å². The fourth-order valence-electron chi connectivity index (χ4n) is 3.43. The minimum atomic E-state index is -0.211. The molecule has 7 heteroatoms. The van der Waals surface area contributed by atoms with Crippen LogP contribution in [0, 0.1) is 0 Å². The lowest BCUT2D eigenvalue weighted by Crippen LogP contribution is -2.52. The minimum Gasteiger partial charge on any atom is -0.454 e. The number of benzene rings is 2. The molecule has 0 aliphatic carbocycles. The highest BCUT2D eigenvalue weighted by atomic mass is 35.5. The SMILES string of the molecule is CC(C(=O)Nc1ccc2c(c1)OCO2)N1CCN(c2cccc(Cl)c2)CC1. The average Bonchev–Trinajstić information content (AvgIpc) is 3.15. The van der Waals surface area contributed by atoms with Gasteiger partial charge in [-0.3, -0.25) is 9.69 Å². The predicted octanol–water partition coefficient (Wildman–Crippen LogP) is 3.22. The molecule has 2 aliphatic rings. The van der Waals surface area contributed by atoms with Crippen LogP contribution in [0.4, 0.5) is 11.4 Å². The summed E-state index contributed by atoms with van der Waals surface area (Å²) in [6.07, 6.45) is 0. The van der Waals surface area contributed by atoms with Gasteiger partial charge in [-0.2, -0.15) is 0 Å².